The number of alkyl halides is 5. The van der Waals surface area contributed by atoms with Crippen LogP contribution in [0.25, 0.3) is 0 Å². The highest BCUT2D eigenvalue weighted by molar-refractivity contribution is 5.97. The van der Waals surface area contributed by atoms with Crippen LogP contribution in [-0.4, -0.2) is 44.5 Å². The molecule has 2 aliphatic heterocycles. The fourth-order valence-electron chi connectivity index (χ4n) is 4.98. The molecule has 1 amide bonds. The van der Waals surface area contributed by atoms with E-state index in [1.165, 1.54) is 12.1 Å². The van der Waals surface area contributed by atoms with Crippen LogP contribution in [0, 0.1) is 0 Å². The van der Waals surface area contributed by atoms with Crippen LogP contribution in [-0.2, 0) is 9.53 Å². The minimum Gasteiger partial charge on any atom is -0.435 e. The lowest BCUT2D eigenvalue weighted by Gasteiger charge is -2.41. The lowest BCUT2D eigenvalue weighted by atomic mass is 9.77. The Morgan fingerprint density at radius 3 is 2.62 bits per heavy atom. The van der Waals surface area contributed by atoms with Crippen LogP contribution in [0.15, 0.2) is 48.5 Å². The third-order valence-corrected chi connectivity index (χ3v) is 6.53. The molecule has 2 fully saturated rings. The number of anilines is 1. The third kappa shape index (κ3) is 4.88. The van der Waals surface area contributed by atoms with Gasteiger partial charge < -0.3 is 19.7 Å². The number of carbonyl (C=O) groups is 1. The predicted octanol–water partition coefficient (Wildman–Crippen LogP) is 5.18. The van der Waals surface area contributed by atoms with Crippen molar-refractivity contribution in [2.45, 2.75) is 49.6 Å². The number of ether oxygens (including phenoxy) is 2. The number of amides is 1. The molecule has 2 aromatic carbocycles. The summed E-state index contributed by atoms with van der Waals surface area (Å²) in [6, 6.07) is 13.3. The highest BCUT2D eigenvalue weighted by Crippen LogP contribution is 2.50. The standard InChI is InChI=1S/C24H25F5N2O3/c1-31(21(32)24(27,28)29)17-8-9-19(34-22(25)26)18(12-17)16-13-23(33-14-16)10-5-11-30-20(23)15-6-3-2-4-7-15/h2-4,6-9,12,16,20,22,30H,5,10-11,13-14H2,1H3/t16-,20+,23-/m1/s1. The molecule has 184 valence electrons. The highest BCUT2D eigenvalue weighted by Gasteiger charge is 2.49. The summed E-state index contributed by atoms with van der Waals surface area (Å²) in [6.45, 7) is -2.12. The molecule has 5 nitrogen and oxygen atoms in total. The van der Waals surface area contributed by atoms with Crippen LogP contribution in [0.4, 0.5) is 27.6 Å². The Morgan fingerprint density at radius 2 is 1.94 bits per heavy atom. The largest absolute Gasteiger partial charge is 0.471 e. The normalized spacial score (nSPS) is 25.0. The maximum Gasteiger partial charge on any atom is 0.471 e. The zero-order valence-electron chi connectivity index (χ0n) is 18.4. The van der Waals surface area contributed by atoms with E-state index >= 15 is 0 Å². The summed E-state index contributed by atoms with van der Waals surface area (Å²) in [7, 11) is 0.992. The summed E-state index contributed by atoms with van der Waals surface area (Å²) in [5, 5.41) is 3.49. The SMILES string of the molecule is CN(C(=O)C(F)(F)F)c1ccc(OC(F)F)c([C@H]2CO[C@]3(CCCN[C@H]3c3ccccc3)C2)c1. The van der Waals surface area contributed by atoms with Crippen LogP contribution in [0.1, 0.15) is 42.3 Å². The molecule has 0 saturated carbocycles. The number of hydrogen-bond acceptors (Lipinski definition) is 4. The van der Waals surface area contributed by atoms with Crippen molar-refractivity contribution >= 4 is 11.6 Å². The van der Waals surface area contributed by atoms with E-state index in [1.54, 1.807) is 0 Å². The van der Waals surface area contributed by atoms with Crippen molar-refractivity contribution in [3.05, 3.63) is 59.7 Å². The van der Waals surface area contributed by atoms with Gasteiger partial charge in [-0.1, -0.05) is 30.3 Å². The predicted molar refractivity (Wildman–Crippen MR) is 115 cm³/mol. The van der Waals surface area contributed by atoms with E-state index in [-0.39, 0.29) is 29.6 Å². The average molecular weight is 484 g/mol. The highest BCUT2D eigenvalue weighted by atomic mass is 19.4. The molecule has 0 bridgehead atoms. The first kappa shape index (κ1) is 24.4. The molecule has 10 heteroatoms. The topological polar surface area (TPSA) is 50.8 Å². The molecular weight excluding hydrogens is 459 g/mol. The van der Waals surface area contributed by atoms with Gasteiger partial charge in [0.1, 0.15) is 5.75 Å². The minimum absolute atomic E-state index is 0.0683. The van der Waals surface area contributed by atoms with Crippen LogP contribution < -0.4 is 15.0 Å². The third-order valence-electron chi connectivity index (χ3n) is 6.53. The van der Waals surface area contributed by atoms with Gasteiger partial charge in [-0.15, -0.1) is 0 Å². The van der Waals surface area contributed by atoms with Gasteiger partial charge in [-0.05, 0) is 49.6 Å². The number of piperidine rings is 1. The van der Waals surface area contributed by atoms with Crippen molar-refractivity contribution in [2.75, 3.05) is 25.1 Å². The number of nitrogens with one attached hydrogen (secondary N) is 1. The molecule has 0 aromatic heterocycles. The summed E-state index contributed by atoms with van der Waals surface area (Å²) >= 11 is 0. The van der Waals surface area contributed by atoms with Crippen LogP contribution in [0.3, 0.4) is 0 Å². The van der Waals surface area contributed by atoms with Gasteiger partial charge in [-0.25, -0.2) is 0 Å². The van der Waals surface area contributed by atoms with Gasteiger partial charge in [0.2, 0.25) is 0 Å². The van der Waals surface area contributed by atoms with Gasteiger partial charge in [0.05, 0.1) is 18.2 Å². The van der Waals surface area contributed by atoms with Crippen LogP contribution in [0.2, 0.25) is 0 Å². The van der Waals surface area contributed by atoms with Crippen molar-refractivity contribution in [3.63, 3.8) is 0 Å². The molecule has 34 heavy (non-hydrogen) atoms. The Labute approximate surface area is 193 Å². The number of rotatable bonds is 5. The molecule has 2 aliphatic rings. The summed E-state index contributed by atoms with van der Waals surface area (Å²) in [4.78, 5) is 12.2. The van der Waals surface area contributed by atoms with Gasteiger partial charge in [0.25, 0.3) is 0 Å². The Kier molecular flexibility index (Phi) is 6.82. The first-order valence-electron chi connectivity index (χ1n) is 11.0. The first-order valence-corrected chi connectivity index (χ1v) is 11.0. The lowest BCUT2D eigenvalue weighted by Crippen LogP contribution is -2.48. The van der Waals surface area contributed by atoms with Crippen molar-refractivity contribution in [2.24, 2.45) is 0 Å². The molecule has 0 aliphatic carbocycles. The van der Waals surface area contributed by atoms with Gasteiger partial charge in [0, 0.05) is 24.2 Å². The quantitative estimate of drug-likeness (QED) is 0.595. The summed E-state index contributed by atoms with van der Waals surface area (Å²) in [5.74, 6) is -2.60. The molecule has 4 rings (SSSR count). The molecule has 0 radical (unpaired) electrons. The number of nitrogens with zero attached hydrogens (tertiary/aromatic N) is 1. The smallest absolute Gasteiger partial charge is 0.435 e. The van der Waals surface area contributed by atoms with Gasteiger partial charge in [-0.3, -0.25) is 4.79 Å². The molecule has 2 aromatic rings. The van der Waals surface area contributed by atoms with Gasteiger partial charge in [-0.2, -0.15) is 22.0 Å². The lowest BCUT2D eigenvalue weighted by molar-refractivity contribution is -0.170. The maximum atomic E-state index is 13.1. The van der Waals surface area contributed by atoms with E-state index in [9.17, 15) is 26.7 Å². The van der Waals surface area contributed by atoms with E-state index in [4.69, 9.17) is 4.74 Å². The Hall–Kier alpha value is -2.72. The second kappa shape index (κ2) is 9.50. The number of hydrogen-bond donors (Lipinski definition) is 1. The molecule has 2 heterocycles. The van der Waals surface area contributed by atoms with Gasteiger partial charge >= 0.3 is 18.7 Å². The fourth-order valence-corrected chi connectivity index (χ4v) is 4.98. The number of halogens is 5. The first-order chi connectivity index (χ1) is 16.1. The molecule has 3 atom stereocenters. The van der Waals surface area contributed by atoms with Crippen LogP contribution >= 0.6 is 0 Å². The van der Waals surface area contributed by atoms with E-state index in [2.05, 4.69) is 10.1 Å². The van der Waals surface area contributed by atoms with Gasteiger partial charge in [0.15, 0.2) is 0 Å². The molecule has 1 N–H and O–H groups in total. The van der Waals surface area contributed by atoms with Crippen molar-refractivity contribution in [3.8, 4) is 5.75 Å². The maximum absolute atomic E-state index is 13.1. The zero-order valence-corrected chi connectivity index (χ0v) is 18.4. The molecule has 0 unspecified atom stereocenters. The van der Waals surface area contributed by atoms with Crippen molar-refractivity contribution in [1.82, 2.24) is 5.32 Å². The number of carbonyl (C=O) groups excluding carboxylic acids is 1. The average Bonchev–Trinajstić information content (AvgIpc) is 3.22. The Balaban J connectivity index is 1.67. The zero-order chi connectivity index (χ0) is 24.5. The van der Waals surface area contributed by atoms with E-state index in [0.717, 1.165) is 38.1 Å². The van der Waals surface area contributed by atoms with E-state index in [1.807, 2.05) is 30.3 Å². The Morgan fingerprint density at radius 1 is 1.21 bits per heavy atom. The number of benzene rings is 2. The summed E-state index contributed by atoms with van der Waals surface area (Å²) < 4.78 is 76.0. The molecular formula is C24H25F5N2O3. The summed E-state index contributed by atoms with van der Waals surface area (Å²) in [5.41, 5.74) is 0.655. The fraction of sp³-hybridized carbons (Fsp3) is 0.458. The Bertz CT molecular complexity index is 1020. The molecule has 1 spiro atoms. The summed E-state index contributed by atoms with van der Waals surface area (Å²) in [6.07, 6.45) is -3.00. The second-order valence-corrected chi connectivity index (χ2v) is 8.64. The van der Waals surface area contributed by atoms with E-state index < -0.39 is 30.2 Å². The van der Waals surface area contributed by atoms with Crippen molar-refractivity contribution in [1.29, 1.82) is 0 Å². The van der Waals surface area contributed by atoms with Crippen molar-refractivity contribution < 1.29 is 36.2 Å². The minimum atomic E-state index is -5.07. The second-order valence-electron chi connectivity index (χ2n) is 8.64. The monoisotopic (exact) mass is 484 g/mol. The van der Waals surface area contributed by atoms with E-state index in [0.29, 0.717) is 11.3 Å². The van der Waals surface area contributed by atoms with Crippen LogP contribution in [0.5, 0.6) is 5.75 Å². The molecule has 2 saturated heterocycles.